The highest BCUT2D eigenvalue weighted by Crippen LogP contribution is 2.35. The lowest BCUT2D eigenvalue weighted by atomic mass is 10.1. The molecule has 28 heavy (non-hydrogen) atoms. The number of hydrogen-bond acceptors (Lipinski definition) is 3. The molecule has 0 unspecified atom stereocenters. The number of alkyl halides is 3. The van der Waals surface area contributed by atoms with E-state index in [1.807, 2.05) is 0 Å². The van der Waals surface area contributed by atoms with Crippen LogP contribution in [0.15, 0.2) is 36.4 Å². The van der Waals surface area contributed by atoms with Crippen molar-refractivity contribution < 1.29 is 30.4 Å². The third-order valence-corrected chi connectivity index (χ3v) is 5.95. The molecular formula is C18H19F5N2O2S. The van der Waals surface area contributed by atoms with Crippen LogP contribution in [0.1, 0.15) is 31.9 Å². The first-order chi connectivity index (χ1) is 12.7. The first-order valence-electron chi connectivity index (χ1n) is 8.12. The van der Waals surface area contributed by atoms with Gasteiger partial charge < -0.3 is 5.32 Å². The van der Waals surface area contributed by atoms with E-state index in [4.69, 9.17) is 0 Å². The highest BCUT2D eigenvalue weighted by atomic mass is 32.2. The lowest BCUT2D eigenvalue weighted by molar-refractivity contribution is -0.142. The van der Waals surface area contributed by atoms with Crippen LogP contribution in [0, 0.1) is 11.6 Å². The van der Waals surface area contributed by atoms with Crippen LogP contribution in [-0.4, -0.2) is 13.2 Å². The second-order valence-corrected chi connectivity index (χ2v) is 9.52. The number of halogens is 5. The maximum absolute atomic E-state index is 13.6. The molecule has 0 aliphatic carbocycles. The summed E-state index contributed by atoms with van der Waals surface area (Å²) < 4.78 is 90.5. The number of anilines is 2. The molecule has 0 saturated heterocycles. The Balaban J connectivity index is 2.08. The van der Waals surface area contributed by atoms with Gasteiger partial charge in [-0.2, -0.15) is 13.2 Å². The first kappa shape index (κ1) is 21.9. The van der Waals surface area contributed by atoms with Gasteiger partial charge in [0.1, 0.15) is 17.2 Å². The van der Waals surface area contributed by atoms with Crippen molar-refractivity contribution in [2.45, 2.75) is 38.2 Å². The molecule has 0 radical (unpaired) electrons. The van der Waals surface area contributed by atoms with Gasteiger partial charge in [-0.15, -0.1) is 0 Å². The van der Waals surface area contributed by atoms with Crippen molar-refractivity contribution in [1.29, 1.82) is 0 Å². The molecular weight excluding hydrogens is 403 g/mol. The van der Waals surface area contributed by atoms with Crippen LogP contribution in [0.3, 0.4) is 0 Å². The number of rotatable bonds is 5. The summed E-state index contributed by atoms with van der Waals surface area (Å²) in [7, 11) is -3.59. The quantitative estimate of drug-likeness (QED) is 0.657. The van der Waals surface area contributed by atoms with E-state index in [-0.39, 0.29) is 12.2 Å². The normalized spacial score (nSPS) is 12.7. The minimum atomic E-state index is -5.12. The first-order valence-corrected chi connectivity index (χ1v) is 9.60. The Morgan fingerprint density at radius 1 is 0.893 bits per heavy atom. The molecule has 0 spiro atoms. The zero-order valence-electron chi connectivity index (χ0n) is 15.3. The fraction of sp³-hybridized carbons (Fsp3) is 0.333. The summed E-state index contributed by atoms with van der Waals surface area (Å²) in [5.41, 5.74) is -1.13. The van der Waals surface area contributed by atoms with Crippen LogP contribution in [0.5, 0.6) is 0 Å². The Kier molecular flexibility index (Phi) is 5.93. The van der Waals surface area contributed by atoms with Crippen molar-refractivity contribution in [2.75, 3.05) is 10.0 Å². The molecule has 0 aromatic heterocycles. The smallest absolute Gasteiger partial charge is 0.381 e. The van der Waals surface area contributed by atoms with E-state index >= 15 is 0 Å². The van der Waals surface area contributed by atoms with Gasteiger partial charge in [0.05, 0.1) is 4.75 Å². The summed E-state index contributed by atoms with van der Waals surface area (Å²) >= 11 is 0. The summed E-state index contributed by atoms with van der Waals surface area (Å²) in [6.45, 7) is 4.72. The Morgan fingerprint density at radius 3 is 1.82 bits per heavy atom. The van der Waals surface area contributed by atoms with Gasteiger partial charge in [0.15, 0.2) is 0 Å². The Hall–Kier alpha value is -2.36. The van der Waals surface area contributed by atoms with Crippen molar-refractivity contribution in [2.24, 2.45) is 0 Å². The van der Waals surface area contributed by atoms with Crippen LogP contribution in [0.4, 0.5) is 33.3 Å². The van der Waals surface area contributed by atoms with Crippen molar-refractivity contribution in [3.05, 3.63) is 59.2 Å². The summed E-state index contributed by atoms with van der Waals surface area (Å²) in [4.78, 5) is 0. The van der Waals surface area contributed by atoms with Crippen molar-refractivity contribution in [1.82, 2.24) is 0 Å². The Bertz CT molecular complexity index is 926. The molecule has 2 rings (SSSR count). The van der Waals surface area contributed by atoms with Gasteiger partial charge in [-0.3, -0.25) is 4.72 Å². The van der Waals surface area contributed by atoms with Crippen LogP contribution >= 0.6 is 0 Å². The zero-order valence-corrected chi connectivity index (χ0v) is 16.1. The van der Waals surface area contributed by atoms with Crippen molar-refractivity contribution >= 4 is 21.4 Å². The van der Waals surface area contributed by atoms with Gasteiger partial charge in [0, 0.05) is 17.9 Å². The van der Waals surface area contributed by atoms with Crippen LogP contribution in [0.25, 0.3) is 0 Å². The van der Waals surface area contributed by atoms with E-state index in [0.717, 1.165) is 0 Å². The molecule has 4 nitrogen and oxygen atoms in total. The van der Waals surface area contributed by atoms with Crippen LogP contribution in [-0.2, 0) is 22.7 Å². The van der Waals surface area contributed by atoms with E-state index in [0.29, 0.717) is 23.4 Å². The minimum absolute atomic E-state index is 0.0660. The molecule has 0 atom stereocenters. The number of benzene rings is 2. The fourth-order valence-corrected chi connectivity index (χ4v) is 2.90. The molecule has 0 amide bonds. The summed E-state index contributed by atoms with van der Waals surface area (Å²) in [5.74, 6) is -3.41. The van der Waals surface area contributed by atoms with Gasteiger partial charge in [-0.25, -0.2) is 17.2 Å². The zero-order chi connectivity index (χ0) is 21.3. The maximum atomic E-state index is 13.6. The number of hydrogen-bond donors (Lipinski definition) is 2. The number of nitrogens with one attached hydrogen (secondary N) is 2. The Labute approximate surface area is 159 Å². The molecule has 0 aliphatic rings. The molecule has 0 fully saturated rings. The van der Waals surface area contributed by atoms with E-state index < -0.39 is 38.1 Å². The van der Waals surface area contributed by atoms with E-state index in [1.54, 1.807) is 32.9 Å². The second kappa shape index (κ2) is 7.57. The molecule has 154 valence electrons. The van der Waals surface area contributed by atoms with E-state index in [1.165, 1.54) is 12.1 Å². The predicted octanol–water partition coefficient (Wildman–Crippen LogP) is 5.14. The average molecular weight is 422 g/mol. The third kappa shape index (κ3) is 5.12. The van der Waals surface area contributed by atoms with E-state index in [2.05, 4.69) is 10.0 Å². The SMILES string of the molecule is CC(C)(C)S(=O)(=O)Nc1ccc(CNc2cc(F)c(C(F)(F)F)c(F)c2)cc1. The molecule has 0 bridgehead atoms. The fourth-order valence-electron chi connectivity index (χ4n) is 2.15. The molecule has 2 aromatic carbocycles. The van der Waals surface area contributed by atoms with Crippen molar-refractivity contribution in [3.8, 4) is 0 Å². The third-order valence-electron chi connectivity index (χ3n) is 3.83. The van der Waals surface area contributed by atoms with Gasteiger partial charge in [0.2, 0.25) is 10.0 Å². The molecule has 0 aliphatic heterocycles. The maximum Gasteiger partial charge on any atom is 0.422 e. The molecule has 2 aromatic rings. The Morgan fingerprint density at radius 2 is 1.39 bits per heavy atom. The molecule has 0 heterocycles. The van der Waals surface area contributed by atoms with Crippen molar-refractivity contribution in [3.63, 3.8) is 0 Å². The highest BCUT2D eigenvalue weighted by Gasteiger charge is 2.37. The average Bonchev–Trinajstić information content (AvgIpc) is 2.50. The molecule has 2 N–H and O–H groups in total. The lowest BCUT2D eigenvalue weighted by Gasteiger charge is -2.20. The largest absolute Gasteiger partial charge is 0.422 e. The van der Waals surface area contributed by atoms with Crippen LogP contribution in [0.2, 0.25) is 0 Å². The molecule has 10 heteroatoms. The highest BCUT2D eigenvalue weighted by molar-refractivity contribution is 7.94. The second-order valence-electron chi connectivity index (χ2n) is 7.08. The monoisotopic (exact) mass is 422 g/mol. The van der Waals surface area contributed by atoms with Crippen LogP contribution < -0.4 is 10.0 Å². The summed E-state index contributed by atoms with van der Waals surface area (Å²) in [6.07, 6.45) is -5.12. The lowest BCUT2D eigenvalue weighted by Crippen LogP contribution is -2.33. The van der Waals surface area contributed by atoms with Gasteiger partial charge in [-0.1, -0.05) is 12.1 Å². The predicted molar refractivity (Wildman–Crippen MR) is 97.4 cm³/mol. The molecule has 0 saturated carbocycles. The topological polar surface area (TPSA) is 58.2 Å². The summed E-state index contributed by atoms with van der Waals surface area (Å²) in [6, 6.07) is 7.30. The number of sulfonamides is 1. The minimum Gasteiger partial charge on any atom is -0.381 e. The standard InChI is InChI=1S/C18H19F5N2O2S/c1-17(2,3)28(26,27)25-12-6-4-11(5-7-12)10-24-13-8-14(19)16(15(20)9-13)18(21,22)23/h4-9,24-25H,10H2,1-3H3. The van der Waals surface area contributed by atoms with E-state index in [9.17, 15) is 30.4 Å². The van der Waals surface area contributed by atoms with Gasteiger partial charge in [-0.05, 0) is 50.6 Å². The van der Waals surface area contributed by atoms with Gasteiger partial charge >= 0.3 is 6.18 Å². The van der Waals surface area contributed by atoms with Gasteiger partial charge in [0.25, 0.3) is 0 Å². The summed E-state index contributed by atoms with van der Waals surface area (Å²) in [5, 5.41) is 2.63.